The monoisotopic (exact) mass is 308 g/mol. The van der Waals surface area contributed by atoms with Gasteiger partial charge in [0.25, 0.3) is 5.91 Å². The molecule has 0 aromatic carbocycles. The molecular weight excluding hydrogens is 287 g/mol. The van der Waals surface area contributed by atoms with Crippen LogP contribution in [0, 0.1) is 0 Å². The number of carbonyl (C=O) groups excluding carboxylic acids is 1. The van der Waals surface area contributed by atoms with E-state index < -0.39 is 0 Å². The molecule has 0 saturated heterocycles. The van der Waals surface area contributed by atoms with Crippen molar-refractivity contribution in [2.75, 3.05) is 26.7 Å². The lowest BCUT2D eigenvalue weighted by molar-refractivity contribution is 0.0950. The van der Waals surface area contributed by atoms with Crippen LogP contribution in [0.15, 0.2) is 18.3 Å². The van der Waals surface area contributed by atoms with E-state index in [9.17, 15) is 4.79 Å². The Morgan fingerprint density at radius 3 is 2.74 bits per heavy atom. The van der Waals surface area contributed by atoms with Gasteiger partial charge in [-0.3, -0.25) is 9.78 Å². The molecule has 110 valence electrons. The molecule has 0 fully saturated rings. The number of rotatable bonds is 6. The molecule has 1 heterocycles. The van der Waals surface area contributed by atoms with Gasteiger partial charge in [0.15, 0.2) is 0 Å². The van der Waals surface area contributed by atoms with Crippen molar-refractivity contribution in [3.05, 3.63) is 29.6 Å². The first-order valence-corrected chi connectivity index (χ1v) is 5.79. The number of hydrogen-bond acceptors (Lipinski definition) is 4. The average molecular weight is 309 g/mol. The molecule has 5 nitrogen and oxygen atoms in total. The summed E-state index contributed by atoms with van der Waals surface area (Å²) < 4.78 is 0. The molecular formula is C12H22Cl2N4O. The maximum Gasteiger partial charge on any atom is 0.251 e. The molecule has 0 saturated carbocycles. The summed E-state index contributed by atoms with van der Waals surface area (Å²) >= 11 is 0. The smallest absolute Gasteiger partial charge is 0.251 e. The predicted molar refractivity (Wildman–Crippen MR) is 82.1 cm³/mol. The van der Waals surface area contributed by atoms with Crippen LogP contribution in [0.1, 0.15) is 23.0 Å². The predicted octanol–water partition coefficient (Wildman–Crippen LogP) is 1.07. The van der Waals surface area contributed by atoms with Crippen LogP contribution in [0.4, 0.5) is 0 Å². The Hall–Kier alpha value is -0.880. The zero-order chi connectivity index (χ0) is 12.7. The van der Waals surface area contributed by atoms with Crippen molar-refractivity contribution in [2.45, 2.75) is 13.5 Å². The molecule has 0 aliphatic heterocycles. The fourth-order valence-corrected chi connectivity index (χ4v) is 1.35. The van der Waals surface area contributed by atoms with E-state index >= 15 is 0 Å². The summed E-state index contributed by atoms with van der Waals surface area (Å²) in [6, 6.07) is 3.41. The molecule has 0 atom stereocenters. The summed E-state index contributed by atoms with van der Waals surface area (Å²) in [5.74, 6) is -0.0772. The number of aromatic nitrogens is 1. The molecule has 3 N–H and O–H groups in total. The van der Waals surface area contributed by atoms with Crippen LogP contribution in [0.3, 0.4) is 0 Å². The first-order chi connectivity index (χ1) is 8.17. The van der Waals surface area contributed by atoms with E-state index in [-0.39, 0.29) is 30.7 Å². The number of nitrogens with one attached hydrogen (secondary N) is 1. The summed E-state index contributed by atoms with van der Waals surface area (Å²) in [5.41, 5.74) is 6.81. The maximum atomic E-state index is 11.8. The highest BCUT2D eigenvalue weighted by molar-refractivity contribution is 5.94. The Balaban J connectivity index is 0. The van der Waals surface area contributed by atoms with Crippen molar-refractivity contribution < 1.29 is 4.79 Å². The zero-order valence-corrected chi connectivity index (χ0v) is 12.9. The van der Waals surface area contributed by atoms with Gasteiger partial charge in [-0.1, -0.05) is 6.92 Å². The fraction of sp³-hybridized carbons (Fsp3) is 0.500. The fourth-order valence-electron chi connectivity index (χ4n) is 1.35. The van der Waals surface area contributed by atoms with E-state index in [0.717, 1.165) is 18.8 Å². The van der Waals surface area contributed by atoms with Gasteiger partial charge in [-0.25, -0.2) is 0 Å². The Labute approximate surface area is 126 Å². The van der Waals surface area contributed by atoms with Gasteiger partial charge in [0.1, 0.15) is 0 Å². The Bertz CT molecular complexity index is 377. The van der Waals surface area contributed by atoms with Crippen LogP contribution < -0.4 is 11.1 Å². The minimum absolute atomic E-state index is 0. The van der Waals surface area contributed by atoms with Crippen LogP contribution >= 0.6 is 24.8 Å². The van der Waals surface area contributed by atoms with E-state index in [4.69, 9.17) is 5.73 Å². The van der Waals surface area contributed by atoms with Crippen LogP contribution in [0.25, 0.3) is 0 Å². The molecule has 0 unspecified atom stereocenters. The van der Waals surface area contributed by atoms with Gasteiger partial charge in [-0.15, -0.1) is 24.8 Å². The minimum atomic E-state index is -0.0772. The van der Waals surface area contributed by atoms with E-state index in [1.807, 2.05) is 7.05 Å². The molecule has 19 heavy (non-hydrogen) atoms. The van der Waals surface area contributed by atoms with Gasteiger partial charge >= 0.3 is 0 Å². The minimum Gasteiger partial charge on any atom is -0.351 e. The van der Waals surface area contributed by atoms with Crippen molar-refractivity contribution in [3.63, 3.8) is 0 Å². The summed E-state index contributed by atoms with van der Waals surface area (Å²) in [4.78, 5) is 18.0. The molecule has 0 spiro atoms. The van der Waals surface area contributed by atoms with Crippen LogP contribution in [-0.4, -0.2) is 42.5 Å². The highest BCUT2D eigenvalue weighted by Gasteiger charge is 2.05. The van der Waals surface area contributed by atoms with Gasteiger partial charge in [-0.2, -0.15) is 0 Å². The largest absolute Gasteiger partial charge is 0.351 e. The summed E-state index contributed by atoms with van der Waals surface area (Å²) in [5, 5.41) is 2.87. The Kier molecular flexibility index (Phi) is 11.8. The van der Waals surface area contributed by atoms with E-state index in [1.54, 1.807) is 18.3 Å². The molecule has 1 aromatic heterocycles. The van der Waals surface area contributed by atoms with Gasteiger partial charge in [-0.05, 0) is 25.7 Å². The number of nitrogens with zero attached hydrogens (tertiary/aromatic N) is 2. The lowest BCUT2D eigenvalue weighted by Gasteiger charge is -2.14. The standard InChI is InChI=1S/C12H20N4O.2ClH/c1-3-16(2)7-6-15-12(17)10-4-5-14-11(8-10)9-13;;/h4-5,8H,3,6-7,9,13H2,1-2H3,(H,15,17);2*1H. The molecule has 1 aromatic rings. The molecule has 0 aliphatic carbocycles. The van der Waals surface area contributed by atoms with Gasteiger partial charge in [0.2, 0.25) is 0 Å². The Morgan fingerprint density at radius 2 is 2.16 bits per heavy atom. The number of hydrogen-bond donors (Lipinski definition) is 2. The van der Waals surface area contributed by atoms with Gasteiger partial charge in [0.05, 0.1) is 5.69 Å². The van der Waals surface area contributed by atoms with Crippen LogP contribution in [0.5, 0.6) is 0 Å². The number of carbonyl (C=O) groups is 1. The lowest BCUT2D eigenvalue weighted by atomic mass is 10.2. The van der Waals surface area contributed by atoms with E-state index in [1.165, 1.54) is 0 Å². The van der Waals surface area contributed by atoms with E-state index in [0.29, 0.717) is 18.7 Å². The van der Waals surface area contributed by atoms with Crippen molar-refractivity contribution in [1.29, 1.82) is 0 Å². The number of halogens is 2. The molecule has 7 heteroatoms. The topological polar surface area (TPSA) is 71.2 Å². The third-order valence-corrected chi connectivity index (χ3v) is 2.61. The quantitative estimate of drug-likeness (QED) is 0.824. The number of pyridine rings is 1. The zero-order valence-electron chi connectivity index (χ0n) is 11.3. The molecule has 0 aliphatic rings. The summed E-state index contributed by atoms with van der Waals surface area (Å²) in [6.07, 6.45) is 1.61. The normalized spacial score (nSPS) is 9.47. The number of amides is 1. The molecule has 0 bridgehead atoms. The average Bonchev–Trinajstić information content (AvgIpc) is 2.38. The summed E-state index contributed by atoms with van der Waals surface area (Å²) in [6.45, 7) is 4.89. The second kappa shape index (κ2) is 11.0. The molecule has 1 rings (SSSR count). The van der Waals surface area contributed by atoms with Crippen molar-refractivity contribution in [2.24, 2.45) is 5.73 Å². The Morgan fingerprint density at radius 1 is 1.47 bits per heavy atom. The van der Waals surface area contributed by atoms with Crippen LogP contribution in [-0.2, 0) is 6.54 Å². The van der Waals surface area contributed by atoms with Crippen molar-refractivity contribution in [1.82, 2.24) is 15.2 Å². The second-order valence-electron chi connectivity index (χ2n) is 3.89. The van der Waals surface area contributed by atoms with E-state index in [2.05, 4.69) is 22.1 Å². The molecule has 0 radical (unpaired) electrons. The summed E-state index contributed by atoms with van der Waals surface area (Å²) in [7, 11) is 2.02. The van der Waals surface area contributed by atoms with Crippen LogP contribution in [0.2, 0.25) is 0 Å². The van der Waals surface area contributed by atoms with Gasteiger partial charge in [0, 0.05) is 31.4 Å². The second-order valence-corrected chi connectivity index (χ2v) is 3.89. The highest BCUT2D eigenvalue weighted by Crippen LogP contribution is 2.00. The first kappa shape index (κ1) is 20.4. The number of likely N-dealkylation sites (N-methyl/N-ethyl adjacent to an activating group) is 1. The van der Waals surface area contributed by atoms with Crippen molar-refractivity contribution in [3.8, 4) is 0 Å². The van der Waals surface area contributed by atoms with Crippen molar-refractivity contribution >= 4 is 30.7 Å². The maximum absolute atomic E-state index is 11.8. The third kappa shape index (κ3) is 7.32. The SMILES string of the molecule is CCN(C)CCNC(=O)c1ccnc(CN)c1.Cl.Cl. The van der Waals surface area contributed by atoms with Gasteiger partial charge < -0.3 is 16.0 Å². The first-order valence-electron chi connectivity index (χ1n) is 5.79. The lowest BCUT2D eigenvalue weighted by Crippen LogP contribution is -2.32. The third-order valence-electron chi connectivity index (χ3n) is 2.61. The highest BCUT2D eigenvalue weighted by atomic mass is 35.5. The molecule has 1 amide bonds. The number of nitrogens with two attached hydrogens (primary N) is 1.